The van der Waals surface area contributed by atoms with Crippen LogP contribution in [0.4, 0.5) is 17.3 Å². The average Bonchev–Trinajstić information content (AvgIpc) is 4.42. The van der Waals surface area contributed by atoms with Gasteiger partial charge in [-0.2, -0.15) is 0 Å². The Hall–Kier alpha value is -6.41. The molecule has 5 atom stereocenters. The van der Waals surface area contributed by atoms with E-state index >= 15 is 0 Å². The average molecular weight is 1090 g/mol. The Morgan fingerprint density at radius 3 is 2.34 bits per heavy atom. The van der Waals surface area contributed by atoms with Crippen molar-refractivity contribution in [1.29, 1.82) is 0 Å². The minimum Gasteiger partial charge on any atom is -0.507 e. The van der Waals surface area contributed by atoms with Gasteiger partial charge in [-0.25, -0.2) is 9.97 Å². The highest BCUT2D eigenvalue weighted by Gasteiger charge is 2.44. The Kier molecular flexibility index (Phi) is 15.5. The smallest absolute Gasteiger partial charge is 0.243 e. The van der Waals surface area contributed by atoms with Crippen LogP contribution in [0.2, 0.25) is 0 Å². The second kappa shape index (κ2) is 23.0. The number of nitrogens with one attached hydrogen (secondary N) is 1. The van der Waals surface area contributed by atoms with Crippen LogP contribution in [0.25, 0.3) is 21.7 Å². The number of thiazole rings is 1. The van der Waals surface area contributed by atoms with Gasteiger partial charge in [-0.1, -0.05) is 55.4 Å². The molecule has 6 fully saturated rings. The van der Waals surface area contributed by atoms with E-state index in [1.165, 1.54) is 0 Å². The number of benzene rings is 2. The number of nitrogens with zero attached hydrogens (tertiary/aromatic N) is 11. The molecule has 9 heterocycles. The molecule has 5 saturated heterocycles. The number of carbonyl (C=O) groups excluding carboxylic acids is 2. The Morgan fingerprint density at radius 1 is 0.861 bits per heavy atom. The lowest BCUT2D eigenvalue weighted by Crippen LogP contribution is -2.53. The van der Waals surface area contributed by atoms with Crippen molar-refractivity contribution in [3.8, 4) is 27.4 Å². The first-order valence-electron chi connectivity index (χ1n) is 29.0. The van der Waals surface area contributed by atoms with Crippen LogP contribution in [0.5, 0.6) is 5.75 Å². The monoisotopic (exact) mass is 1090 g/mol. The van der Waals surface area contributed by atoms with Gasteiger partial charge in [0.2, 0.25) is 11.8 Å². The SMILES string of the molecule is Cc1ncsc1-c1ccc([C@H](C)NC(=O)[C@@H]2CCCN2C(=O)[C@@H](c2cc(N3CCC(CN4CCC(OC5CC(n6ccnc6CN6C7CCC6CN(c6cc(-c8ccccc8O)nnc6N)C7)C5)CC4)CC3)no2)C(C)C)cc1. The molecule has 4 aromatic heterocycles. The van der Waals surface area contributed by atoms with Crippen molar-refractivity contribution in [1.82, 2.24) is 49.9 Å². The number of aromatic nitrogens is 6. The summed E-state index contributed by atoms with van der Waals surface area (Å²) < 4.78 is 15.2. The summed E-state index contributed by atoms with van der Waals surface area (Å²) in [5.74, 6) is 2.98. The summed E-state index contributed by atoms with van der Waals surface area (Å²) in [6.45, 7) is 16.3. The number of para-hydroxylation sites is 1. The van der Waals surface area contributed by atoms with Gasteiger partial charge in [0.05, 0.1) is 52.3 Å². The molecule has 2 amide bonds. The number of anilines is 3. The molecule has 19 heteroatoms. The number of carbonyl (C=O) groups is 2. The summed E-state index contributed by atoms with van der Waals surface area (Å²) >= 11 is 1.63. The third-order valence-electron chi connectivity index (χ3n) is 18.2. The number of rotatable bonds is 17. The first kappa shape index (κ1) is 53.2. The molecule has 6 aliphatic rings. The van der Waals surface area contributed by atoms with E-state index in [0.717, 1.165) is 149 Å². The Bertz CT molecular complexity index is 3050. The number of piperazine rings is 1. The third-order valence-corrected chi connectivity index (χ3v) is 19.2. The molecule has 79 heavy (non-hydrogen) atoms. The van der Waals surface area contributed by atoms with Crippen LogP contribution >= 0.6 is 11.3 Å². The van der Waals surface area contributed by atoms with Crippen molar-refractivity contribution in [2.45, 2.75) is 147 Å². The third kappa shape index (κ3) is 11.2. The highest BCUT2D eigenvalue weighted by Crippen LogP contribution is 2.41. The fourth-order valence-corrected chi connectivity index (χ4v) is 14.5. The van der Waals surface area contributed by atoms with E-state index in [2.05, 4.69) is 80.3 Å². The van der Waals surface area contributed by atoms with E-state index in [1.807, 2.05) is 63.7 Å². The van der Waals surface area contributed by atoms with Gasteiger partial charge in [0.15, 0.2) is 17.4 Å². The second-order valence-electron chi connectivity index (χ2n) is 23.7. The number of amides is 2. The maximum absolute atomic E-state index is 14.4. The number of nitrogen functional groups attached to an aromatic ring is 1. The van der Waals surface area contributed by atoms with E-state index in [1.54, 1.807) is 28.4 Å². The van der Waals surface area contributed by atoms with E-state index in [4.69, 9.17) is 20.0 Å². The molecule has 1 saturated carbocycles. The topological polar surface area (TPSA) is 200 Å². The zero-order valence-electron chi connectivity index (χ0n) is 46.2. The van der Waals surface area contributed by atoms with E-state index < -0.39 is 12.0 Å². The lowest BCUT2D eigenvalue weighted by molar-refractivity contribution is -0.141. The fourth-order valence-electron chi connectivity index (χ4n) is 13.6. The molecular formula is C60H77N13O5S. The molecule has 2 unspecified atom stereocenters. The van der Waals surface area contributed by atoms with Crippen LogP contribution in [0.3, 0.4) is 0 Å². The summed E-state index contributed by atoms with van der Waals surface area (Å²) in [7, 11) is 0. The summed E-state index contributed by atoms with van der Waals surface area (Å²) in [6, 6.07) is 19.9. The predicted molar refractivity (Wildman–Crippen MR) is 306 cm³/mol. The van der Waals surface area contributed by atoms with Gasteiger partial charge >= 0.3 is 0 Å². The summed E-state index contributed by atoms with van der Waals surface area (Å²) in [4.78, 5) is 50.3. The van der Waals surface area contributed by atoms with Gasteiger partial charge in [0, 0.05) is 94.5 Å². The first-order valence-corrected chi connectivity index (χ1v) is 29.9. The molecule has 0 radical (unpaired) electrons. The van der Waals surface area contributed by atoms with Gasteiger partial charge in [0.1, 0.15) is 23.5 Å². The fraction of sp³-hybridized carbons (Fsp3) is 0.550. The highest BCUT2D eigenvalue weighted by atomic mass is 32.1. The van der Waals surface area contributed by atoms with Gasteiger partial charge in [-0.15, -0.1) is 21.5 Å². The number of likely N-dealkylation sites (tertiary alicyclic amines) is 2. The van der Waals surface area contributed by atoms with Crippen molar-refractivity contribution in [2.24, 2.45) is 11.8 Å². The number of aryl methyl sites for hydroxylation is 1. The molecule has 6 aromatic rings. The number of phenolic OH excluding ortho intramolecular Hbond substituents is 1. The van der Waals surface area contributed by atoms with Gasteiger partial charge in [-0.3, -0.25) is 14.5 Å². The lowest BCUT2D eigenvalue weighted by atomic mass is 9.88. The van der Waals surface area contributed by atoms with Crippen LogP contribution in [0, 0.1) is 18.8 Å². The van der Waals surface area contributed by atoms with Crippen LogP contribution in [0.1, 0.15) is 126 Å². The Balaban J connectivity index is 0.565. The number of imidazole rings is 1. The largest absolute Gasteiger partial charge is 0.507 e. The van der Waals surface area contributed by atoms with Crippen LogP contribution in [0.15, 0.2) is 83.1 Å². The van der Waals surface area contributed by atoms with Crippen LogP contribution in [-0.2, 0) is 20.9 Å². The van der Waals surface area contributed by atoms with Gasteiger partial charge in [-0.05, 0) is 119 Å². The number of ether oxygens (including phenoxy) is 1. The molecule has 4 N–H and O–H groups in total. The number of nitrogens with two attached hydrogens (primary N) is 1. The number of hydrogen-bond donors (Lipinski definition) is 3. The molecule has 0 spiro atoms. The number of hydrogen-bond acceptors (Lipinski definition) is 16. The zero-order valence-corrected chi connectivity index (χ0v) is 47.0. The van der Waals surface area contributed by atoms with Crippen molar-refractivity contribution >= 4 is 40.5 Å². The summed E-state index contributed by atoms with van der Waals surface area (Å²) in [5, 5.41) is 26.8. The van der Waals surface area contributed by atoms with Crippen molar-refractivity contribution < 1.29 is 24.0 Å². The van der Waals surface area contributed by atoms with Crippen molar-refractivity contribution in [2.75, 3.05) is 67.9 Å². The molecule has 5 aliphatic heterocycles. The van der Waals surface area contributed by atoms with Gasteiger partial charge < -0.3 is 49.6 Å². The zero-order chi connectivity index (χ0) is 54.3. The highest BCUT2D eigenvalue weighted by molar-refractivity contribution is 7.13. The molecule has 2 bridgehead atoms. The summed E-state index contributed by atoms with van der Waals surface area (Å²) in [6.07, 6.45) is 14.8. The minimum atomic E-state index is -0.526. The predicted octanol–water partition coefficient (Wildman–Crippen LogP) is 8.61. The first-order chi connectivity index (χ1) is 38.4. The van der Waals surface area contributed by atoms with Crippen LogP contribution < -0.4 is 20.9 Å². The van der Waals surface area contributed by atoms with E-state index in [-0.39, 0.29) is 29.5 Å². The summed E-state index contributed by atoms with van der Waals surface area (Å²) in [5.41, 5.74) is 13.6. The van der Waals surface area contributed by atoms with Crippen molar-refractivity contribution in [3.63, 3.8) is 0 Å². The maximum atomic E-state index is 14.4. The molecule has 18 nitrogen and oxygen atoms in total. The lowest BCUT2D eigenvalue weighted by Gasteiger charge is -2.43. The van der Waals surface area contributed by atoms with Gasteiger partial charge in [0.25, 0.3) is 0 Å². The molecule has 2 aromatic carbocycles. The molecule has 418 valence electrons. The normalized spacial score (nSPS) is 24.1. The van der Waals surface area contributed by atoms with Crippen LogP contribution in [-0.4, -0.2) is 144 Å². The number of piperidine rings is 2. The Labute approximate surface area is 467 Å². The Morgan fingerprint density at radius 2 is 1.62 bits per heavy atom. The molecule has 1 aliphatic carbocycles. The minimum absolute atomic E-state index is 0.0348. The number of aromatic hydroxyl groups is 1. The van der Waals surface area contributed by atoms with Crippen molar-refractivity contribution in [3.05, 3.63) is 101 Å². The maximum Gasteiger partial charge on any atom is 0.243 e. The second-order valence-corrected chi connectivity index (χ2v) is 24.5. The van der Waals surface area contributed by atoms with E-state index in [0.29, 0.717) is 72.1 Å². The number of phenols is 1. The molecular weight excluding hydrogens is 1010 g/mol. The van der Waals surface area contributed by atoms with E-state index in [9.17, 15) is 14.7 Å². The quantitative estimate of drug-likeness (QED) is 0.0784. The standard InChI is InChI=1S/C60H77N13O5S/c1-37(2)56(60(76)72-22-7-9-50(72)59(75)64-38(3)41-11-13-42(14-12-41)57-39(4)63-36-79-57)53-31-54(67-78-53)69-25-17-40(18-26-69)32-68-23-19-46(20-24-68)77-47-28-45(29-47)71-27-21-62-55(71)35-73-43-15-16-44(73)34-70(33-43)51-30-49(65-66-58(51)61)48-8-5-6-10-52(48)74/h5-6,8,10-14,21,27,30-31,36-38,40,43-47,50,56,74H,7,9,15-20,22-26,28-29,32-35H2,1-4H3,(H2,61,66)(H,64,75)/t38-,43?,44?,45?,47?,50-,56+/m0/s1. The number of fused-ring (bicyclic) bond motifs is 2. The molecule has 12 rings (SSSR count).